The standard InChI is InChI=1S/C23H32N4O4/c1-4-30-23(29)20-14-24-27(18-8-6-5-7-9-18)22(20)25-21(28)15-26-12-10-19(11-13-26)31-16-17(2)3/h5-9,14,17,19H,4,10-13,15-16H2,1-3H3,(H,25,28). The summed E-state index contributed by atoms with van der Waals surface area (Å²) in [4.78, 5) is 27.3. The molecule has 2 heterocycles. The van der Waals surface area contributed by atoms with E-state index in [0.717, 1.165) is 38.2 Å². The first-order valence-corrected chi connectivity index (χ1v) is 10.9. The minimum absolute atomic E-state index is 0.190. The van der Waals surface area contributed by atoms with Crippen molar-refractivity contribution in [3.63, 3.8) is 0 Å². The minimum atomic E-state index is -0.511. The summed E-state index contributed by atoms with van der Waals surface area (Å²) in [5.41, 5.74) is 0.983. The highest BCUT2D eigenvalue weighted by molar-refractivity contribution is 6.01. The third-order valence-electron chi connectivity index (χ3n) is 5.09. The number of esters is 1. The van der Waals surface area contributed by atoms with Crippen LogP contribution in [0.15, 0.2) is 36.5 Å². The molecule has 1 N–H and O–H groups in total. The number of carbonyl (C=O) groups excluding carboxylic acids is 2. The normalized spacial score (nSPS) is 15.2. The molecular formula is C23H32N4O4. The largest absolute Gasteiger partial charge is 0.462 e. The molecule has 1 aliphatic rings. The molecule has 0 atom stereocenters. The van der Waals surface area contributed by atoms with E-state index in [1.165, 1.54) is 6.20 Å². The van der Waals surface area contributed by atoms with Gasteiger partial charge in [-0.15, -0.1) is 0 Å². The molecule has 1 aromatic carbocycles. The number of anilines is 1. The number of amides is 1. The van der Waals surface area contributed by atoms with Gasteiger partial charge in [0, 0.05) is 19.7 Å². The molecule has 8 heteroatoms. The number of carbonyl (C=O) groups is 2. The summed E-state index contributed by atoms with van der Waals surface area (Å²) in [6, 6.07) is 9.36. The number of nitrogens with one attached hydrogen (secondary N) is 1. The smallest absolute Gasteiger partial charge is 0.343 e. The molecule has 2 aromatic rings. The van der Waals surface area contributed by atoms with Gasteiger partial charge in [-0.3, -0.25) is 9.69 Å². The molecule has 0 spiro atoms. The van der Waals surface area contributed by atoms with Gasteiger partial charge in [-0.05, 0) is 37.8 Å². The van der Waals surface area contributed by atoms with Crippen LogP contribution < -0.4 is 5.32 Å². The van der Waals surface area contributed by atoms with Crippen LogP contribution in [0.2, 0.25) is 0 Å². The molecule has 1 amide bonds. The van der Waals surface area contributed by atoms with Crippen LogP contribution in [0.5, 0.6) is 0 Å². The van der Waals surface area contributed by atoms with Crippen LogP contribution in [0.1, 0.15) is 44.0 Å². The second kappa shape index (κ2) is 11.1. The summed E-state index contributed by atoms with van der Waals surface area (Å²) in [5, 5.41) is 7.19. The van der Waals surface area contributed by atoms with Crippen molar-refractivity contribution in [1.29, 1.82) is 0 Å². The monoisotopic (exact) mass is 428 g/mol. The SMILES string of the molecule is CCOC(=O)c1cnn(-c2ccccc2)c1NC(=O)CN1CCC(OCC(C)C)CC1. The second-order valence-corrected chi connectivity index (χ2v) is 8.13. The maximum atomic E-state index is 12.8. The molecule has 1 aromatic heterocycles. The maximum absolute atomic E-state index is 12.8. The molecule has 1 saturated heterocycles. The fraction of sp³-hybridized carbons (Fsp3) is 0.522. The number of benzene rings is 1. The van der Waals surface area contributed by atoms with E-state index in [-0.39, 0.29) is 30.7 Å². The number of hydrogen-bond donors (Lipinski definition) is 1. The van der Waals surface area contributed by atoms with E-state index in [0.29, 0.717) is 11.7 Å². The van der Waals surface area contributed by atoms with Gasteiger partial charge in [-0.25, -0.2) is 9.48 Å². The molecule has 0 unspecified atom stereocenters. The molecule has 168 valence electrons. The average molecular weight is 429 g/mol. The Balaban J connectivity index is 1.65. The Bertz CT molecular complexity index is 858. The summed E-state index contributed by atoms with van der Waals surface area (Å²) < 4.78 is 12.6. The van der Waals surface area contributed by atoms with Crippen molar-refractivity contribution in [2.45, 2.75) is 39.7 Å². The van der Waals surface area contributed by atoms with E-state index < -0.39 is 5.97 Å². The van der Waals surface area contributed by atoms with E-state index in [9.17, 15) is 9.59 Å². The Kier molecular flexibility index (Phi) is 8.20. The molecule has 1 fully saturated rings. The number of para-hydroxylation sites is 1. The van der Waals surface area contributed by atoms with Crippen molar-refractivity contribution in [1.82, 2.24) is 14.7 Å². The average Bonchev–Trinajstić information content (AvgIpc) is 3.17. The first kappa shape index (κ1) is 23.0. The topological polar surface area (TPSA) is 85.7 Å². The lowest BCUT2D eigenvalue weighted by molar-refractivity contribution is -0.118. The summed E-state index contributed by atoms with van der Waals surface area (Å²) in [6.07, 6.45) is 3.51. The van der Waals surface area contributed by atoms with Gasteiger partial charge >= 0.3 is 5.97 Å². The number of likely N-dealkylation sites (tertiary alicyclic amines) is 1. The lowest BCUT2D eigenvalue weighted by Crippen LogP contribution is -2.41. The van der Waals surface area contributed by atoms with Crippen LogP contribution in [-0.2, 0) is 14.3 Å². The zero-order chi connectivity index (χ0) is 22.2. The van der Waals surface area contributed by atoms with Gasteiger partial charge in [0.25, 0.3) is 0 Å². The lowest BCUT2D eigenvalue weighted by atomic mass is 10.1. The number of nitrogens with zero attached hydrogens (tertiary/aromatic N) is 3. The van der Waals surface area contributed by atoms with E-state index in [2.05, 4.69) is 29.2 Å². The summed E-state index contributed by atoms with van der Waals surface area (Å²) in [6.45, 7) is 8.90. The zero-order valence-electron chi connectivity index (χ0n) is 18.5. The third-order valence-corrected chi connectivity index (χ3v) is 5.09. The molecule has 0 bridgehead atoms. The number of aromatic nitrogens is 2. The lowest BCUT2D eigenvalue weighted by Gasteiger charge is -2.31. The fourth-order valence-electron chi connectivity index (χ4n) is 3.53. The Morgan fingerprint density at radius 3 is 2.55 bits per heavy atom. The van der Waals surface area contributed by atoms with Crippen molar-refractivity contribution >= 4 is 17.7 Å². The Morgan fingerprint density at radius 1 is 1.19 bits per heavy atom. The van der Waals surface area contributed by atoms with E-state index in [1.54, 1.807) is 11.6 Å². The first-order chi connectivity index (χ1) is 15.0. The summed E-state index contributed by atoms with van der Waals surface area (Å²) in [5.74, 6) is 0.143. The molecule has 1 aliphatic heterocycles. The van der Waals surface area contributed by atoms with Gasteiger partial charge in [0.05, 0.1) is 31.1 Å². The molecule has 0 saturated carbocycles. The highest BCUT2D eigenvalue weighted by Gasteiger charge is 2.24. The van der Waals surface area contributed by atoms with E-state index in [4.69, 9.17) is 9.47 Å². The highest BCUT2D eigenvalue weighted by Crippen LogP contribution is 2.22. The van der Waals surface area contributed by atoms with Crippen LogP contribution in [-0.4, -0.2) is 65.5 Å². The molecule has 8 nitrogen and oxygen atoms in total. The van der Waals surface area contributed by atoms with Crippen molar-refractivity contribution in [2.24, 2.45) is 5.92 Å². The maximum Gasteiger partial charge on any atom is 0.343 e. The fourth-order valence-corrected chi connectivity index (χ4v) is 3.53. The van der Waals surface area contributed by atoms with Gasteiger partial charge in [0.1, 0.15) is 5.56 Å². The van der Waals surface area contributed by atoms with E-state index >= 15 is 0 Å². The predicted molar refractivity (Wildman–Crippen MR) is 118 cm³/mol. The molecular weight excluding hydrogens is 396 g/mol. The third kappa shape index (κ3) is 6.38. The van der Waals surface area contributed by atoms with Crippen LogP contribution in [0.25, 0.3) is 5.69 Å². The number of piperidine rings is 1. The van der Waals surface area contributed by atoms with Crippen LogP contribution >= 0.6 is 0 Å². The number of hydrogen-bond acceptors (Lipinski definition) is 6. The first-order valence-electron chi connectivity index (χ1n) is 10.9. The van der Waals surface area contributed by atoms with Crippen LogP contribution in [0, 0.1) is 5.92 Å². The molecule has 3 rings (SSSR count). The Morgan fingerprint density at radius 2 is 1.90 bits per heavy atom. The zero-order valence-corrected chi connectivity index (χ0v) is 18.5. The highest BCUT2D eigenvalue weighted by atomic mass is 16.5. The molecule has 0 aliphatic carbocycles. The van der Waals surface area contributed by atoms with Gasteiger partial charge in [0.2, 0.25) is 5.91 Å². The van der Waals surface area contributed by atoms with Gasteiger partial charge in [0.15, 0.2) is 5.82 Å². The van der Waals surface area contributed by atoms with Crippen LogP contribution in [0.4, 0.5) is 5.82 Å². The molecule has 0 radical (unpaired) electrons. The Hall–Kier alpha value is -2.71. The van der Waals surface area contributed by atoms with Crippen molar-refractivity contribution in [2.75, 3.05) is 38.2 Å². The predicted octanol–water partition coefficient (Wildman–Crippen LogP) is 3.12. The summed E-state index contributed by atoms with van der Waals surface area (Å²) in [7, 11) is 0. The van der Waals surface area contributed by atoms with Crippen molar-refractivity contribution in [3.05, 3.63) is 42.1 Å². The quantitative estimate of drug-likeness (QED) is 0.618. The number of rotatable bonds is 9. The summed E-state index contributed by atoms with van der Waals surface area (Å²) >= 11 is 0. The van der Waals surface area contributed by atoms with Crippen LogP contribution in [0.3, 0.4) is 0 Å². The van der Waals surface area contributed by atoms with Gasteiger partial charge < -0.3 is 14.8 Å². The minimum Gasteiger partial charge on any atom is -0.462 e. The molecule has 31 heavy (non-hydrogen) atoms. The Labute approximate surface area is 183 Å². The van der Waals surface area contributed by atoms with Gasteiger partial charge in [-0.1, -0.05) is 32.0 Å². The van der Waals surface area contributed by atoms with Crippen molar-refractivity contribution < 1.29 is 19.1 Å². The second-order valence-electron chi connectivity index (χ2n) is 8.13. The van der Waals surface area contributed by atoms with E-state index in [1.807, 2.05) is 30.3 Å². The number of ether oxygens (including phenoxy) is 2. The van der Waals surface area contributed by atoms with Crippen molar-refractivity contribution in [3.8, 4) is 5.69 Å². The van der Waals surface area contributed by atoms with Gasteiger partial charge in [-0.2, -0.15) is 5.10 Å².